The van der Waals surface area contributed by atoms with Crippen molar-refractivity contribution in [3.63, 3.8) is 0 Å². The number of amides is 1. The Morgan fingerprint density at radius 1 is 1.29 bits per heavy atom. The van der Waals surface area contributed by atoms with Crippen molar-refractivity contribution in [1.82, 2.24) is 15.5 Å². The highest BCUT2D eigenvalue weighted by Crippen LogP contribution is 2.26. The van der Waals surface area contributed by atoms with Crippen LogP contribution in [0.2, 0.25) is 0 Å². The summed E-state index contributed by atoms with van der Waals surface area (Å²) in [4.78, 5) is 17.6. The summed E-state index contributed by atoms with van der Waals surface area (Å²) in [5.41, 5.74) is 2.31. The lowest BCUT2D eigenvalue weighted by atomic mass is 9.99. The maximum Gasteiger partial charge on any atom is 0.255 e. The largest absolute Gasteiger partial charge is 0.338 e. The van der Waals surface area contributed by atoms with Gasteiger partial charge < -0.3 is 15.2 Å². The van der Waals surface area contributed by atoms with Gasteiger partial charge in [0.2, 0.25) is 5.89 Å². The zero-order valence-corrected chi connectivity index (χ0v) is 16.1. The summed E-state index contributed by atoms with van der Waals surface area (Å²) in [6.07, 6.45) is 0.621. The molecule has 0 radical (unpaired) electrons. The van der Waals surface area contributed by atoms with Crippen LogP contribution in [0.1, 0.15) is 33.2 Å². The Balaban J connectivity index is 1.41. The van der Waals surface area contributed by atoms with Crippen molar-refractivity contribution in [2.75, 3.05) is 11.9 Å². The van der Waals surface area contributed by atoms with Gasteiger partial charge in [-0.2, -0.15) is 4.98 Å². The molecule has 1 aliphatic rings. The molecule has 0 saturated heterocycles. The van der Waals surface area contributed by atoms with Crippen LogP contribution in [-0.2, 0) is 18.7 Å². The Bertz CT molecular complexity index is 1000. The fourth-order valence-corrected chi connectivity index (χ4v) is 3.81. The highest BCUT2D eigenvalue weighted by Gasteiger charge is 2.18. The molecule has 0 saturated carbocycles. The molecule has 2 heterocycles. The Hall–Kier alpha value is -2.71. The summed E-state index contributed by atoms with van der Waals surface area (Å²) >= 11 is 1.54. The van der Waals surface area contributed by atoms with E-state index in [-0.39, 0.29) is 17.4 Å². The van der Waals surface area contributed by atoms with Crippen molar-refractivity contribution in [3.8, 4) is 0 Å². The minimum Gasteiger partial charge on any atom is -0.338 e. The van der Waals surface area contributed by atoms with Gasteiger partial charge in [-0.1, -0.05) is 11.2 Å². The highest BCUT2D eigenvalue weighted by molar-refractivity contribution is 7.98. The number of halogens is 1. The lowest BCUT2D eigenvalue weighted by molar-refractivity contribution is 0.102. The summed E-state index contributed by atoms with van der Waals surface area (Å²) < 4.78 is 19.8. The van der Waals surface area contributed by atoms with Crippen LogP contribution in [0.4, 0.5) is 10.1 Å². The summed E-state index contributed by atoms with van der Waals surface area (Å²) in [6, 6.07) is 10.6. The third kappa shape index (κ3) is 4.07. The number of carbonyl (C=O) groups is 1. The van der Waals surface area contributed by atoms with Gasteiger partial charge in [-0.25, -0.2) is 4.39 Å². The second-order valence-corrected chi connectivity index (χ2v) is 7.54. The average Bonchev–Trinajstić information content (AvgIpc) is 3.14. The first-order valence-corrected chi connectivity index (χ1v) is 9.93. The number of benzene rings is 2. The smallest absolute Gasteiger partial charge is 0.255 e. The lowest BCUT2D eigenvalue weighted by Crippen LogP contribution is -2.25. The second-order valence-electron chi connectivity index (χ2n) is 6.49. The molecule has 28 heavy (non-hydrogen) atoms. The summed E-state index contributed by atoms with van der Waals surface area (Å²) in [5.74, 6) is 1.05. The van der Waals surface area contributed by atoms with Gasteiger partial charge in [0.05, 0.1) is 11.4 Å². The van der Waals surface area contributed by atoms with Gasteiger partial charge in [-0.15, -0.1) is 11.8 Å². The fourth-order valence-electron chi connectivity index (χ4n) is 3.07. The molecular formula is C20H19FN4O2S. The normalized spacial score (nSPS) is 13.2. The molecule has 0 unspecified atom stereocenters. The molecule has 6 nitrogen and oxygen atoms in total. The quantitative estimate of drug-likeness (QED) is 0.638. The zero-order chi connectivity index (χ0) is 19.5. The van der Waals surface area contributed by atoms with Crippen LogP contribution in [0.25, 0.3) is 0 Å². The minimum absolute atomic E-state index is 0.218. The highest BCUT2D eigenvalue weighted by atomic mass is 32.2. The molecule has 0 atom stereocenters. The van der Waals surface area contributed by atoms with E-state index in [1.807, 2.05) is 18.2 Å². The first-order valence-electron chi connectivity index (χ1n) is 8.94. The van der Waals surface area contributed by atoms with E-state index in [1.54, 1.807) is 25.1 Å². The Morgan fingerprint density at radius 3 is 2.86 bits per heavy atom. The molecule has 8 heteroatoms. The summed E-state index contributed by atoms with van der Waals surface area (Å²) in [6.45, 7) is 3.17. The number of nitrogens with one attached hydrogen (secondary N) is 2. The van der Waals surface area contributed by atoms with E-state index in [0.29, 0.717) is 41.6 Å². The Kier molecular flexibility index (Phi) is 5.40. The van der Waals surface area contributed by atoms with Crippen LogP contribution in [-0.4, -0.2) is 22.6 Å². The monoisotopic (exact) mass is 398 g/mol. The molecule has 0 bridgehead atoms. The van der Waals surface area contributed by atoms with Crippen LogP contribution in [0.5, 0.6) is 0 Å². The van der Waals surface area contributed by atoms with E-state index in [2.05, 4.69) is 20.8 Å². The average molecular weight is 398 g/mol. The van der Waals surface area contributed by atoms with Gasteiger partial charge in [0.25, 0.3) is 5.91 Å². The molecule has 3 aromatic rings. The SMILES string of the molecule is Cc1noc(CSc2ccc(C(=O)Nc3ccc4c(c3F)CCNC4)cc2)n1. The molecular weight excluding hydrogens is 379 g/mol. The second kappa shape index (κ2) is 8.12. The van der Waals surface area contributed by atoms with Gasteiger partial charge in [-0.3, -0.25) is 4.79 Å². The first kappa shape index (κ1) is 18.6. The lowest BCUT2D eigenvalue weighted by Gasteiger charge is -2.19. The number of thioether (sulfide) groups is 1. The van der Waals surface area contributed by atoms with E-state index in [4.69, 9.17) is 4.52 Å². The standard InChI is InChI=1S/C20H19FN4O2S/c1-12-23-18(27-25-12)11-28-15-5-2-13(3-6-15)20(26)24-17-7-4-14-10-22-9-8-16(14)19(17)21/h2-7,22H,8-11H2,1H3,(H,24,26). The van der Waals surface area contributed by atoms with Crippen LogP contribution < -0.4 is 10.6 Å². The van der Waals surface area contributed by atoms with E-state index in [0.717, 1.165) is 17.0 Å². The number of anilines is 1. The molecule has 2 N–H and O–H groups in total. The third-order valence-corrected chi connectivity index (χ3v) is 5.50. The summed E-state index contributed by atoms with van der Waals surface area (Å²) in [5, 5.41) is 9.65. The topological polar surface area (TPSA) is 80.0 Å². The van der Waals surface area contributed by atoms with Gasteiger partial charge >= 0.3 is 0 Å². The number of hydrogen-bond donors (Lipinski definition) is 2. The van der Waals surface area contributed by atoms with Crippen molar-refractivity contribution >= 4 is 23.4 Å². The van der Waals surface area contributed by atoms with Crippen LogP contribution in [0, 0.1) is 12.7 Å². The molecule has 1 aromatic heterocycles. The number of aryl methyl sites for hydroxylation is 1. The van der Waals surface area contributed by atoms with Gasteiger partial charge in [0, 0.05) is 17.0 Å². The predicted octanol–water partition coefficient (Wildman–Crippen LogP) is 3.71. The minimum atomic E-state index is -0.339. The molecule has 0 fully saturated rings. The van der Waals surface area contributed by atoms with Crippen molar-refractivity contribution in [2.24, 2.45) is 0 Å². The van der Waals surface area contributed by atoms with Crippen molar-refractivity contribution < 1.29 is 13.7 Å². The van der Waals surface area contributed by atoms with Gasteiger partial charge in [-0.05, 0) is 61.3 Å². The molecule has 1 aliphatic heterocycles. The predicted molar refractivity (Wildman–Crippen MR) is 105 cm³/mol. The van der Waals surface area contributed by atoms with Crippen molar-refractivity contribution in [1.29, 1.82) is 0 Å². The van der Waals surface area contributed by atoms with E-state index in [9.17, 15) is 9.18 Å². The molecule has 4 rings (SSSR count). The van der Waals surface area contributed by atoms with Gasteiger partial charge in [0.1, 0.15) is 5.82 Å². The molecule has 2 aromatic carbocycles. The van der Waals surface area contributed by atoms with E-state index in [1.165, 1.54) is 11.8 Å². The number of rotatable bonds is 5. The Labute approximate surface area is 165 Å². The van der Waals surface area contributed by atoms with E-state index >= 15 is 0 Å². The fraction of sp³-hybridized carbons (Fsp3) is 0.250. The zero-order valence-electron chi connectivity index (χ0n) is 15.3. The maximum atomic E-state index is 14.7. The van der Waals surface area contributed by atoms with Crippen LogP contribution >= 0.6 is 11.8 Å². The molecule has 144 valence electrons. The number of carbonyl (C=O) groups excluding carboxylic acids is 1. The van der Waals surface area contributed by atoms with E-state index < -0.39 is 0 Å². The third-order valence-electron chi connectivity index (χ3n) is 4.50. The number of fused-ring (bicyclic) bond motifs is 1. The van der Waals surface area contributed by atoms with Crippen LogP contribution in [0.3, 0.4) is 0 Å². The number of hydrogen-bond acceptors (Lipinski definition) is 6. The number of aromatic nitrogens is 2. The van der Waals surface area contributed by atoms with Crippen molar-refractivity contribution in [3.05, 3.63) is 70.6 Å². The first-order chi connectivity index (χ1) is 13.6. The molecule has 1 amide bonds. The van der Waals surface area contributed by atoms with Gasteiger partial charge in [0.15, 0.2) is 5.82 Å². The van der Waals surface area contributed by atoms with Crippen molar-refractivity contribution in [2.45, 2.75) is 30.5 Å². The molecule has 0 aliphatic carbocycles. The number of nitrogens with zero attached hydrogens (tertiary/aromatic N) is 2. The molecule has 0 spiro atoms. The van der Waals surface area contributed by atoms with Crippen LogP contribution in [0.15, 0.2) is 45.8 Å². The summed E-state index contributed by atoms with van der Waals surface area (Å²) in [7, 11) is 0. The Morgan fingerprint density at radius 2 is 2.11 bits per heavy atom. The maximum absolute atomic E-state index is 14.7.